The number of Topliss-reactive ketones (excluding diaryl/α,β-unsaturated/α-hetero) is 1. The van der Waals surface area contributed by atoms with E-state index in [9.17, 15) is 19.2 Å². The highest BCUT2D eigenvalue weighted by molar-refractivity contribution is 6.36. The molecule has 0 aromatic rings. The molecule has 0 saturated heterocycles. The summed E-state index contributed by atoms with van der Waals surface area (Å²) in [5.41, 5.74) is -1.67. The van der Waals surface area contributed by atoms with E-state index in [-0.39, 0.29) is 6.42 Å². The number of carboxylic acids is 1. The second-order valence-electron chi connectivity index (χ2n) is 7.00. The molecular weight excluding hydrogens is 306 g/mol. The summed E-state index contributed by atoms with van der Waals surface area (Å²) >= 11 is 0. The number of alkyl carbamates (subject to hydrolysis) is 1. The van der Waals surface area contributed by atoms with E-state index in [1.807, 2.05) is 0 Å². The van der Waals surface area contributed by atoms with Gasteiger partial charge >= 0.3 is 18.0 Å². The van der Waals surface area contributed by atoms with Crippen molar-refractivity contribution in [2.24, 2.45) is 0 Å². The Balaban J connectivity index is 4.99. The lowest BCUT2D eigenvalue weighted by atomic mass is 10.1. The normalized spacial score (nSPS) is 13.0. The Bertz CT molecular complexity index is 471. The number of ether oxygens (including phenoxy) is 2. The minimum Gasteiger partial charge on any atom is -0.481 e. The van der Waals surface area contributed by atoms with E-state index in [2.05, 4.69) is 5.32 Å². The summed E-state index contributed by atoms with van der Waals surface area (Å²) in [5.74, 6) is -3.31. The fraction of sp³-hybridized carbons (Fsp3) is 0.733. The lowest BCUT2D eigenvalue weighted by Crippen LogP contribution is -2.47. The zero-order valence-corrected chi connectivity index (χ0v) is 14.4. The number of hydrogen-bond acceptors (Lipinski definition) is 6. The van der Waals surface area contributed by atoms with Crippen molar-refractivity contribution in [3.8, 4) is 0 Å². The summed E-state index contributed by atoms with van der Waals surface area (Å²) in [5, 5.41) is 10.9. The van der Waals surface area contributed by atoms with Crippen LogP contribution in [0.1, 0.15) is 54.4 Å². The van der Waals surface area contributed by atoms with Gasteiger partial charge in [0.25, 0.3) is 5.78 Å². The molecule has 132 valence electrons. The SMILES string of the molecule is CC(C)(C)OC(=O)N[C@@H](CCC(=O)O)C(=O)C(=O)OC(C)(C)C. The van der Waals surface area contributed by atoms with Crippen LogP contribution < -0.4 is 5.32 Å². The molecule has 1 atom stereocenters. The predicted octanol–water partition coefficient (Wildman–Crippen LogP) is 1.66. The molecule has 8 nitrogen and oxygen atoms in total. The van der Waals surface area contributed by atoms with Crippen LogP contribution in [0.3, 0.4) is 0 Å². The highest BCUT2D eigenvalue weighted by Crippen LogP contribution is 2.11. The lowest BCUT2D eigenvalue weighted by Gasteiger charge is -2.24. The highest BCUT2D eigenvalue weighted by Gasteiger charge is 2.32. The number of rotatable bonds is 6. The smallest absolute Gasteiger partial charge is 0.408 e. The largest absolute Gasteiger partial charge is 0.481 e. The van der Waals surface area contributed by atoms with Crippen molar-refractivity contribution in [1.82, 2.24) is 5.32 Å². The first kappa shape index (κ1) is 20.9. The third-order valence-electron chi connectivity index (χ3n) is 2.25. The summed E-state index contributed by atoms with van der Waals surface area (Å²) < 4.78 is 9.95. The lowest BCUT2D eigenvalue weighted by molar-refractivity contribution is -0.163. The van der Waals surface area contributed by atoms with Crippen LogP contribution in [0.15, 0.2) is 0 Å². The van der Waals surface area contributed by atoms with Gasteiger partial charge in [0.1, 0.15) is 17.2 Å². The second kappa shape index (κ2) is 7.94. The van der Waals surface area contributed by atoms with Gasteiger partial charge in [-0.2, -0.15) is 0 Å². The molecule has 0 spiro atoms. The highest BCUT2D eigenvalue weighted by atomic mass is 16.6. The molecule has 0 aromatic heterocycles. The van der Waals surface area contributed by atoms with Crippen molar-refractivity contribution in [2.75, 3.05) is 0 Å². The predicted molar refractivity (Wildman–Crippen MR) is 80.9 cm³/mol. The molecule has 0 heterocycles. The molecule has 2 N–H and O–H groups in total. The van der Waals surface area contributed by atoms with Crippen molar-refractivity contribution in [1.29, 1.82) is 0 Å². The number of carbonyl (C=O) groups excluding carboxylic acids is 3. The van der Waals surface area contributed by atoms with E-state index in [4.69, 9.17) is 14.6 Å². The van der Waals surface area contributed by atoms with Crippen LogP contribution in [0.5, 0.6) is 0 Å². The average Bonchev–Trinajstić information content (AvgIpc) is 2.28. The first-order valence-corrected chi connectivity index (χ1v) is 7.20. The maximum atomic E-state index is 12.1. The van der Waals surface area contributed by atoms with E-state index in [0.717, 1.165) is 0 Å². The number of hydrogen-bond donors (Lipinski definition) is 2. The Kier molecular flexibility index (Phi) is 7.21. The van der Waals surface area contributed by atoms with Gasteiger partial charge in [0.2, 0.25) is 0 Å². The number of aliphatic carboxylic acids is 1. The molecule has 8 heteroatoms. The zero-order chi connectivity index (χ0) is 18.4. The van der Waals surface area contributed by atoms with Crippen LogP contribution in [0.25, 0.3) is 0 Å². The molecular formula is C15H25NO7. The van der Waals surface area contributed by atoms with Gasteiger partial charge in [-0.1, -0.05) is 0 Å². The standard InChI is InChI=1S/C15H25NO7/c1-14(2,3)22-12(20)11(19)9(7-8-10(17)18)16-13(21)23-15(4,5)6/h9H,7-8H2,1-6H3,(H,16,21)(H,17,18)/t9-/m0/s1. The molecule has 0 unspecified atom stereocenters. The van der Waals surface area contributed by atoms with Gasteiger partial charge < -0.3 is 19.9 Å². The molecule has 0 aliphatic rings. The zero-order valence-electron chi connectivity index (χ0n) is 14.4. The van der Waals surface area contributed by atoms with Gasteiger partial charge in [0.15, 0.2) is 0 Å². The van der Waals surface area contributed by atoms with Crippen LogP contribution in [0, 0.1) is 0 Å². The van der Waals surface area contributed by atoms with Gasteiger partial charge in [-0.3, -0.25) is 9.59 Å². The molecule has 0 bridgehead atoms. The first-order valence-electron chi connectivity index (χ1n) is 7.20. The Morgan fingerprint density at radius 1 is 0.957 bits per heavy atom. The van der Waals surface area contributed by atoms with Gasteiger partial charge in [-0.05, 0) is 48.0 Å². The third kappa shape index (κ3) is 10.3. The number of amides is 1. The molecule has 23 heavy (non-hydrogen) atoms. The van der Waals surface area contributed by atoms with Gasteiger partial charge in [0.05, 0.1) is 0 Å². The fourth-order valence-electron chi connectivity index (χ4n) is 1.46. The first-order chi connectivity index (χ1) is 10.2. The van der Waals surface area contributed by atoms with E-state index in [1.165, 1.54) is 0 Å². The van der Waals surface area contributed by atoms with Crippen LogP contribution >= 0.6 is 0 Å². The molecule has 0 aromatic carbocycles. The maximum Gasteiger partial charge on any atom is 0.408 e. The van der Waals surface area contributed by atoms with Crippen LogP contribution in [-0.4, -0.2) is 46.2 Å². The topological polar surface area (TPSA) is 119 Å². The quantitative estimate of drug-likeness (QED) is 0.561. The Morgan fingerprint density at radius 3 is 1.83 bits per heavy atom. The number of carboxylic acid groups (broad SMARTS) is 1. The second-order valence-corrected chi connectivity index (χ2v) is 7.00. The van der Waals surface area contributed by atoms with Crippen molar-refractivity contribution in [2.45, 2.75) is 71.6 Å². The minimum absolute atomic E-state index is 0.243. The average molecular weight is 331 g/mol. The summed E-state index contributed by atoms with van der Waals surface area (Å²) in [4.78, 5) is 46.3. The molecule has 0 rings (SSSR count). The van der Waals surface area contributed by atoms with Gasteiger partial charge in [-0.15, -0.1) is 0 Å². The molecule has 0 aliphatic heterocycles. The number of esters is 1. The Hall–Kier alpha value is -2.12. The van der Waals surface area contributed by atoms with Crippen LogP contribution in [-0.2, 0) is 23.9 Å². The molecule has 0 aliphatic carbocycles. The van der Waals surface area contributed by atoms with Crippen LogP contribution in [0.4, 0.5) is 4.79 Å². The summed E-state index contributed by atoms with van der Waals surface area (Å²) in [7, 11) is 0. The van der Waals surface area contributed by atoms with Gasteiger partial charge in [-0.25, -0.2) is 9.59 Å². The van der Waals surface area contributed by atoms with E-state index in [0.29, 0.717) is 0 Å². The van der Waals surface area contributed by atoms with E-state index >= 15 is 0 Å². The number of carbonyl (C=O) groups is 4. The maximum absolute atomic E-state index is 12.1. The summed E-state index contributed by atoms with van der Waals surface area (Å²) in [6, 6.07) is -1.32. The van der Waals surface area contributed by atoms with Crippen LogP contribution in [0.2, 0.25) is 0 Å². The molecule has 0 radical (unpaired) electrons. The van der Waals surface area contributed by atoms with Crippen molar-refractivity contribution >= 4 is 23.8 Å². The van der Waals surface area contributed by atoms with Gasteiger partial charge in [0, 0.05) is 6.42 Å². The third-order valence-corrected chi connectivity index (χ3v) is 2.25. The summed E-state index contributed by atoms with van der Waals surface area (Å²) in [6.45, 7) is 9.67. The number of nitrogens with one attached hydrogen (secondary N) is 1. The Labute approximate surface area is 135 Å². The van der Waals surface area contributed by atoms with Crippen molar-refractivity contribution < 1.29 is 33.8 Å². The minimum atomic E-state index is -1.32. The fourth-order valence-corrected chi connectivity index (χ4v) is 1.46. The van der Waals surface area contributed by atoms with Crippen molar-refractivity contribution in [3.63, 3.8) is 0 Å². The molecule has 1 amide bonds. The van der Waals surface area contributed by atoms with E-state index < -0.39 is 47.5 Å². The molecule has 0 saturated carbocycles. The van der Waals surface area contributed by atoms with Crippen molar-refractivity contribution in [3.05, 3.63) is 0 Å². The molecule has 0 fully saturated rings. The van der Waals surface area contributed by atoms with E-state index in [1.54, 1.807) is 41.5 Å². The number of ketones is 1. The summed E-state index contributed by atoms with van der Waals surface area (Å²) in [6.07, 6.45) is -1.55. The monoisotopic (exact) mass is 331 g/mol. The Morgan fingerprint density at radius 2 is 1.43 bits per heavy atom.